The topological polar surface area (TPSA) is 59.4 Å². The lowest BCUT2D eigenvalue weighted by Gasteiger charge is -2.28. The summed E-state index contributed by atoms with van der Waals surface area (Å²) in [6.45, 7) is 5.79. The number of carbonyl (C=O) groups is 1. The van der Waals surface area contributed by atoms with Crippen molar-refractivity contribution in [3.63, 3.8) is 0 Å². The molecule has 1 heterocycles. The fourth-order valence-electron chi connectivity index (χ4n) is 2.81. The van der Waals surface area contributed by atoms with Gasteiger partial charge in [0.15, 0.2) is 0 Å². The van der Waals surface area contributed by atoms with Gasteiger partial charge in [0, 0.05) is 11.8 Å². The van der Waals surface area contributed by atoms with Gasteiger partial charge in [-0.05, 0) is 39.0 Å². The average molecular weight is 263 g/mol. The number of aryl methyl sites for hydroxylation is 2. The largest absolute Gasteiger partial charge is 0.489 e. The van der Waals surface area contributed by atoms with Gasteiger partial charge in [-0.25, -0.2) is 4.79 Å². The van der Waals surface area contributed by atoms with Gasteiger partial charge in [0.1, 0.15) is 11.3 Å². The highest BCUT2D eigenvalue weighted by Crippen LogP contribution is 2.30. The monoisotopic (exact) mass is 263 g/mol. The van der Waals surface area contributed by atoms with Crippen LogP contribution in [0.4, 0.5) is 0 Å². The molecule has 0 saturated heterocycles. The molecule has 104 valence electrons. The van der Waals surface area contributed by atoms with Crippen LogP contribution in [-0.2, 0) is 0 Å². The van der Waals surface area contributed by atoms with Crippen LogP contribution in [0.3, 0.4) is 0 Å². The van der Waals surface area contributed by atoms with E-state index in [0.29, 0.717) is 17.4 Å². The third kappa shape index (κ3) is 3.25. The molecule has 4 heteroatoms. The molecule has 19 heavy (non-hydrogen) atoms. The Labute approximate surface area is 113 Å². The molecule has 1 aliphatic carbocycles. The predicted octanol–water partition coefficient (Wildman–Crippen LogP) is 3.35. The van der Waals surface area contributed by atoms with Crippen LogP contribution in [0.2, 0.25) is 0 Å². The summed E-state index contributed by atoms with van der Waals surface area (Å²) in [5, 5.41) is 9.30. The second-order valence-corrected chi connectivity index (χ2v) is 5.54. The van der Waals surface area contributed by atoms with E-state index < -0.39 is 5.97 Å². The maximum Gasteiger partial charge on any atom is 0.341 e. The maximum absolute atomic E-state index is 11.3. The van der Waals surface area contributed by atoms with E-state index in [9.17, 15) is 9.90 Å². The van der Waals surface area contributed by atoms with Crippen molar-refractivity contribution in [2.24, 2.45) is 5.92 Å². The number of hydrogen-bond acceptors (Lipinski definition) is 3. The first-order chi connectivity index (χ1) is 8.97. The summed E-state index contributed by atoms with van der Waals surface area (Å²) >= 11 is 0. The molecule has 0 radical (unpaired) electrons. The molecule has 0 spiro atoms. The summed E-state index contributed by atoms with van der Waals surface area (Å²) in [5.41, 5.74) is 1.51. The Morgan fingerprint density at radius 2 is 2.16 bits per heavy atom. The van der Waals surface area contributed by atoms with Crippen LogP contribution in [0.15, 0.2) is 6.07 Å². The van der Waals surface area contributed by atoms with Gasteiger partial charge >= 0.3 is 5.97 Å². The van der Waals surface area contributed by atoms with E-state index in [-0.39, 0.29) is 11.7 Å². The molecule has 0 aromatic carbocycles. The average Bonchev–Trinajstić information content (AvgIpc) is 2.26. The van der Waals surface area contributed by atoms with Gasteiger partial charge in [0.25, 0.3) is 0 Å². The van der Waals surface area contributed by atoms with Gasteiger partial charge in [-0.3, -0.25) is 4.98 Å². The standard InChI is InChI=1S/C15H21NO3/c1-9-5-4-6-12(7-9)19-13-8-10(2)16-11(3)14(13)15(17)18/h8-9,12H,4-7H2,1-3H3,(H,17,18). The first-order valence-corrected chi connectivity index (χ1v) is 6.85. The number of carboxylic acid groups (broad SMARTS) is 1. The van der Waals surface area contributed by atoms with Crippen molar-refractivity contribution in [1.29, 1.82) is 0 Å². The summed E-state index contributed by atoms with van der Waals surface area (Å²) in [4.78, 5) is 15.5. The second-order valence-electron chi connectivity index (χ2n) is 5.54. The van der Waals surface area contributed by atoms with E-state index in [4.69, 9.17) is 4.74 Å². The van der Waals surface area contributed by atoms with Crippen molar-refractivity contribution in [3.8, 4) is 5.75 Å². The Kier molecular flexibility index (Phi) is 4.08. The zero-order valence-corrected chi connectivity index (χ0v) is 11.8. The molecule has 1 aromatic heterocycles. The summed E-state index contributed by atoms with van der Waals surface area (Å²) in [6.07, 6.45) is 4.52. The van der Waals surface area contributed by atoms with Crippen molar-refractivity contribution in [2.75, 3.05) is 0 Å². The van der Waals surface area contributed by atoms with Crippen molar-refractivity contribution in [1.82, 2.24) is 4.98 Å². The molecular weight excluding hydrogens is 242 g/mol. The highest BCUT2D eigenvalue weighted by Gasteiger charge is 2.24. The Hall–Kier alpha value is -1.58. The molecule has 1 N–H and O–H groups in total. The Morgan fingerprint density at radius 3 is 2.79 bits per heavy atom. The minimum absolute atomic E-state index is 0.128. The Bertz CT molecular complexity index is 485. The van der Waals surface area contributed by atoms with E-state index in [0.717, 1.165) is 25.0 Å². The van der Waals surface area contributed by atoms with Crippen molar-refractivity contribution >= 4 is 5.97 Å². The van der Waals surface area contributed by atoms with E-state index in [1.54, 1.807) is 13.0 Å². The predicted molar refractivity (Wildman–Crippen MR) is 72.7 cm³/mol. The van der Waals surface area contributed by atoms with Crippen LogP contribution >= 0.6 is 0 Å². The summed E-state index contributed by atoms with van der Waals surface area (Å²) < 4.78 is 5.96. The molecule has 1 fully saturated rings. The SMILES string of the molecule is Cc1cc(OC2CCCC(C)C2)c(C(=O)O)c(C)n1. The molecule has 0 amide bonds. The Morgan fingerprint density at radius 1 is 1.42 bits per heavy atom. The number of hydrogen-bond donors (Lipinski definition) is 1. The fraction of sp³-hybridized carbons (Fsp3) is 0.600. The van der Waals surface area contributed by atoms with Gasteiger partial charge in [-0.1, -0.05) is 13.3 Å². The Balaban J connectivity index is 2.25. The van der Waals surface area contributed by atoms with Crippen molar-refractivity contribution < 1.29 is 14.6 Å². The third-order valence-electron chi connectivity index (χ3n) is 3.69. The fourth-order valence-corrected chi connectivity index (χ4v) is 2.81. The van der Waals surface area contributed by atoms with Crippen molar-refractivity contribution in [2.45, 2.75) is 52.6 Å². The number of nitrogens with zero attached hydrogens (tertiary/aromatic N) is 1. The van der Waals surface area contributed by atoms with Gasteiger partial charge in [0.05, 0.1) is 11.8 Å². The molecule has 1 saturated carbocycles. The van der Waals surface area contributed by atoms with E-state index in [2.05, 4.69) is 11.9 Å². The van der Waals surface area contributed by atoms with E-state index in [1.807, 2.05) is 6.92 Å². The number of aromatic carboxylic acids is 1. The second kappa shape index (κ2) is 5.59. The lowest BCUT2D eigenvalue weighted by molar-refractivity contribution is 0.0681. The first kappa shape index (κ1) is 13.8. The number of aromatic nitrogens is 1. The molecule has 2 unspecified atom stereocenters. The molecule has 0 bridgehead atoms. The van der Waals surface area contributed by atoms with Crippen LogP contribution in [0.1, 0.15) is 54.4 Å². The zero-order chi connectivity index (χ0) is 14.0. The highest BCUT2D eigenvalue weighted by atomic mass is 16.5. The molecule has 4 nitrogen and oxygen atoms in total. The van der Waals surface area contributed by atoms with E-state index >= 15 is 0 Å². The van der Waals surface area contributed by atoms with Crippen LogP contribution < -0.4 is 4.74 Å². The molecule has 2 atom stereocenters. The molecule has 1 aliphatic rings. The first-order valence-electron chi connectivity index (χ1n) is 6.85. The number of carboxylic acids is 1. The lowest BCUT2D eigenvalue weighted by atomic mass is 9.88. The van der Waals surface area contributed by atoms with Gasteiger partial charge < -0.3 is 9.84 Å². The zero-order valence-electron chi connectivity index (χ0n) is 11.8. The van der Waals surface area contributed by atoms with E-state index in [1.165, 1.54) is 6.42 Å². The quantitative estimate of drug-likeness (QED) is 0.908. The van der Waals surface area contributed by atoms with Crippen LogP contribution in [0.25, 0.3) is 0 Å². The van der Waals surface area contributed by atoms with Crippen LogP contribution in [-0.4, -0.2) is 22.2 Å². The van der Waals surface area contributed by atoms with Gasteiger partial charge in [-0.2, -0.15) is 0 Å². The van der Waals surface area contributed by atoms with Crippen LogP contribution in [0, 0.1) is 19.8 Å². The van der Waals surface area contributed by atoms with Crippen LogP contribution in [0.5, 0.6) is 5.75 Å². The third-order valence-corrected chi connectivity index (χ3v) is 3.69. The summed E-state index contributed by atoms with van der Waals surface area (Å²) in [7, 11) is 0. The molecule has 0 aliphatic heterocycles. The lowest BCUT2D eigenvalue weighted by Crippen LogP contribution is -2.25. The smallest absolute Gasteiger partial charge is 0.341 e. The maximum atomic E-state index is 11.3. The minimum Gasteiger partial charge on any atom is -0.489 e. The minimum atomic E-state index is -0.969. The van der Waals surface area contributed by atoms with Gasteiger partial charge in [-0.15, -0.1) is 0 Å². The highest BCUT2D eigenvalue weighted by molar-refractivity contribution is 5.92. The molecular formula is C15H21NO3. The normalized spacial score (nSPS) is 23.1. The summed E-state index contributed by atoms with van der Waals surface area (Å²) in [6, 6.07) is 1.73. The van der Waals surface area contributed by atoms with Gasteiger partial charge in [0.2, 0.25) is 0 Å². The number of ether oxygens (including phenoxy) is 1. The molecule has 1 aromatic rings. The number of rotatable bonds is 3. The number of pyridine rings is 1. The van der Waals surface area contributed by atoms with Crippen molar-refractivity contribution in [3.05, 3.63) is 23.0 Å². The summed E-state index contributed by atoms with van der Waals surface area (Å²) in [5.74, 6) is 0.150. The molecule has 2 rings (SSSR count).